The molecule has 1 rings (SSSR count). The summed E-state index contributed by atoms with van der Waals surface area (Å²) >= 11 is 1.56. The third-order valence-corrected chi connectivity index (χ3v) is 4.17. The van der Waals surface area contributed by atoms with Crippen molar-refractivity contribution in [3.63, 3.8) is 0 Å². The molecule has 0 bridgehead atoms. The van der Waals surface area contributed by atoms with Gasteiger partial charge in [0.25, 0.3) is 0 Å². The monoisotopic (exact) mass is 303 g/mol. The highest BCUT2D eigenvalue weighted by Gasteiger charge is 2.43. The minimum absolute atomic E-state index is 0.164. The number of amides is 3. The van der Waals surface area contributed by atoms with Crippen LogP contribution in [-0.4, -0.2) is 59.1 Å². The Hall–Kier alpha value is -1.44. The standard InChI is InChI=1S/C12H21N3O4S/c1-12(10(17)18)4-5-15(7-12)9(16)8(3-6-20-2)14-11(13)19/h8H,3-7H2,1-2H3,(H,17,18)(H3,13,14,19). The molecule has 0 radical (unpaired) electrons. The zero-order valence-electron chi connectivity index (χ0n) is 11.7. The van der Waals surface area contributed by atoms with Gasteiger partial charge < -0.3 is 21.1 Å². The lowest BCUT2D eigenvalue weighted by Gasteiger charge is -2.25. The molecule has 0 aromatic heterocycles. The maximum Gasteiger partial charge on any atom is 0.312 e. The van der Waals surface area contributed by atoms with E-state index in [-0.39, 0.29) is 12.5 Å². The number of nitrogens with two attached hydrogens (primary N) is 1. The molecule has 1 heterocycles. The van der Waals surface area contributed by atoms with Crippen LogP contribution < -0.4 is 11.1 Å². The Morgan fingerprint density at radius 3 is 2.60 bits per heavy atom. The van der Waals surface area contributed by atoms with Gasteiger partial charge in [-0.2, -0.15) is 11.8 Å². The molecule has 1 aliphatic heterocycles. The summed E-state index contributed by atoms with van der Waals surface area (Å²) < 4.78 is 0. The normalized spacial score (nSPS) is 23.4. The molecule has 3 amide bonds. The maximum atomic E-state index is 12.4. The number of carboxylic acids is 1. The molecule has 2 unspecified atom stereocenters. The summed E-state index contributed by atoms with van der Waals surface area (Å²) in [6, 6.07) is -1.43. The summed E-state index contributed by atoms with van der Waals surface area (Å²) in [7, 11) is 0. The molecule has 7 nitrogen and oxygen atoms in total. The van der Waals surface area contributed by atoms with Crippen molar-refractivity contribution in [1.82, 2.24) is 10.2 Å². The van der Waals surface area contributed by atoms with E-state index in [1.54, 1.807) is 18.7 Å². The Bertz CT molecular complexity index is 404. The molecule has 4 N–H and O–H groups in total. The zero-order valence-corrected chi connectivity index (χ0v) is 12.5. The lowest BCUT2D eigenvalue weighted by Crippen LogP contribution is -2.50. The highest BCUT2D eigenvalue weighted by Crippen LogP contribution is 2.30. The molecule has 1 fully saturated rings. The smallest absolute Gasteiger partial charge is 0.312 e. The van der Waals surface area contributed by atoms with Gasteiger partial charge in [-0.3, -0.25) is 9.59 Å². The van der Waals surface area contributed by atoms with Crippen molar-refractivity contribution in [1.29, 1.82) is 0 Å². The molecule has 0 spiro atoms. The SMILES string of the molecule is CSCCC(NC(N)=O)C(=O)N1CCC(C)(C(=O)O)C1. The summed E-state index contributed by atoms with van der Waals surface area (Å²) in [4.78, 5) is 36.0. The number of urea groups is 1. The summed E-state index contributed by atoms with van der Waals surface area (Å²) in [5.74, 6) is -0.458. The first kappa shape index (κ1) is 16.6. The van der Waals surface area contributed by atoms with Crippen LogP contribution in [0.2, 0.25) is 0 Å². The lowest BCUT2D eigenvalue weighted by molar-refractivity contribution is -0.147. The highest BCUT2D eigenvalue weighted by atomic mass is 32.2. The fourth-order valence-electron chi connectivity index (χ4n) is 2.21. The summed E-state index contributed by atoms with van der Waals surface area (Å²) in [6.45, 7) is 2.18. The number of thioether (sulfide) groups is 1. The average Bonchev–Trinajstić information content (AvgIpc) is 2.77. The van der Waals surface area contributed by atoms with Crippen molar-refractivity contribution in [3.05, 3.63) is 0 Å². The molecule has 0 aromatic rings. The highest BCUT2D eigenvalue weighted by molar-refractivity contribution is 7.98. The van der Waals surface area contributed by atoms with Crippen LogP contribution in [0.4, 0.5) is 4.79 Å². The van der Waals surface area contributed by atoms with Gasteiger partial charge in [-0.05, 0) is 31.8 Å². The number of hydrogen-bond acceptors (Lipinski definition) is 4. The predicted octanol–water partition coefficient (Wildman–Crippen LogP) is 0.0996. The van der Waals surface area contributed by atoms with Crippen LogP contribution in [-0.2, 0) is 9.59 Å². The number of primary amides is 1. The molecule has 2 atom stereocenters. The van der Waals surface area contributed by atoms with Crippen molar-refractivity contribution < 1.29 is 19.5 Å². The molecule has 8 heteroatoms. The van der Waals surface area contributed by atoms with Gasteiger partial charge in [-0.15, -0.1) is 0 Å². The van der Waals surface area contributed by atoms with Gasteiger partial charge in [0.05, 0.1) is 5.41 Å². The van der Waals surface area contributed by atoms with Crippen molar-refractivity contribution >= 4 is 29.7 Å². The molecule has 20 heavy (non-hydrogen) atoms. The van der Waals surface area contributed by atoms with Gasteiger partial charge in [0, 0.05) is 13.1 Å². The Morgan fingerprint density at radius 1 is 1.50 bits per heavy atom. The van der Waals surface area contributed by atoms with Crippen LogP contribution in [0.15, 0.2) is 0 Å². The average molecular weight is 303 g/mol. The van der Waals surface area contributed by atoms with Crippen LogP contribution in [0.25, 0.3) is 0 Å². The lowest BCUT2D eigenvalue weighted by atomic mass is 9.90. The van der Waals surface area contributed by atoms with E-state index in [4.69, 9.17) is 10.8 Å². The van der Waals surface area contributed by atoms with Crippen LogP contribution in [0.3, 0.4) is 0 Å². The number of carbonyl (C=O) groups excluding carboxylic acids is 2. The van der Waals surface area contributed by atoms with Gasteiger partial charge in [0.1, 0.15) is 6.04 Å². The molecule has 1 aliphatic rings. The number of nitrogens with one attached hydrogen (secondary N) is 1. The van der Waals surface area contributed by atoms with Crippen LogP contribution in [0, 0.1) is 5.41 Å². The summed E-state index contributed by atoms with van der Waals surface area (Å²) in [5.41, 5.74) is 4.17. The quantitative estimate of drug-likeness (QED) is 0.644. The molecule has 114 valence electrons. The maximum absolute atomic E-state index is 12.4. The van der Waals surface area contributed by atoms with Gasteiger partial charge in [0.15, 0.2) is 0 Å². The fourth-order valence-corrected chi connectivity index (χ4v) is 2.68. The van der Waals surface area contributed by atoms with Crippen molar-refractivity contribution in [2.24, 2.45) is 11.1 Å². The third-order valence-electron chi connectivity index (χ3n) is 3.53. The molecule has 1 saturated heterocycles. The summed E-state index contributed by atoms with van der Waals surface area (Å²) in [5, 5.41) is 11.6. The Kier molecular flexibility index (Phi) is 5.67. The van der Waals surface area contributed by atoms with E-state index < -0.39 is 23.5 Å². The fraction of sp³-hybridized carbons (Fsp3) is 0.750. The van der Waals surface area contributed by atoms with Crippen LogP contribution in [0.1, 0.15) is 19.8 Å². The van der Waals surface area contributed by atoms with Crippen molar-refractivity contribution in [2.75, 3.05) is 25.1 Å². The number of likely N-dealkylation sites (tertiary alicyclic amines) is 1. The van der Waals surface area contributed by atoms with Gasteiger partial charge >= 0.3 is 12.0 Å². The second-order valence-corrected chi connectivity index (χ2v) is 6.20. The Labute approximate surface area is 122 Å². The van der Waals surface area contributed by atoms with E-state index >= 15 is 0 Å². The number of rotatable bonds is 6. The van der Waals surface area contributed by atoms with Crippen LogP contribution in [0.5, 0.6) is 0 Å². The van der Waals surface area contributed by atoms with Crippen molar-refractivity contribution in [2.45, 2.75) is 25.8 Å². The first-order valence-electron chi connectivity index (χ1n) is 6.37. The minimum Gasteiger partial charge on any atom is -0.481 e. The largest absolute Gasteiger partial charge is 0.481 e. The first-order valence-corrected chi connectivity index (χ1v) is 7.76. The minimum atomic E-state index is -0.910. The number of nitrogens with zero attached hydrogens (tertiary/aromatic N) is 1. The second-order valence-electron chi connectivity index (χ2n) is 5.22. The van der Waals surface area contributed by atoms with Gasteiger partial charge in [-0.25, -0.2) is 4.79 Å². The van der Waals surface area contributed by atoms with E-state index in [9.17, 15) is 14.4 Å². The van der Waals surface area contributed by atoms with Crippen LogP contribution >= 0.6 is 11.8 Å². The molecule has 0 saturated carbocycles. The first-order chi connectivity index (χ1) is 9.30. The van der Waals surface area contributed by atoms with E-state index in [0.717, 1.165) is 0 Å². The number of hydrogen-bond donors (Lipinski definition) is 3. The van der Waals surface area contributed by atoms with Crippen molar-refractivity contribution in [3.8, 4) is 0 Å². The zero-order chi connectivity index (χ0) is 15.3. The van der Waals surface area contributed by atoms with Gasteiger partial charge in [-0.1, -0.05) is 0 Å². The Morgan fingerprint density at radius 2 is 2.15 bits per heavy atom. The second kappa shape index (κ2) is 6.83. The molecular weight excluding hydrogens is 282 g/mol. The molecule has 0 aliphatic carbocycles. The van der Waals surface area contributed by atoms with E-state index in [0.29, 0.717) is 25.1 Å². The van der Waals surface area contributed by atoms with E-state index in [1.807, 2.05) is 6.26 Å². The third kappa shape index (κ3) is 4.03. The van der Waals surface area contributed by atoms with E-state index in [1.165, 1.54) is 4.90 Å². The predicted molar refractivity (Wildman–Crippen MR) is 76.4 cm³/mol. The summed E-state index contributed by atoms with van der Waals surface area (Å²) in [6.07, 6.45) is 2.80. The topological polar surface area (TPSA) is 113 Å². The number of carbonyl (C=O) groups is 3. The molecular formula is C12H21N3O4S. The molecule has 0 aromatic carbocycles. The number of carboxylic acid groups (broad SMARTS) is 1. The van der Waals surface area contributed by atoms with Gasteiger partial charge in [0.2, 0.25) is 5.91 Å². The number of aliphatic carboxylic acids is 1. The van der Waals surface area contributed by atoms with E-state index in [2.05, 4.69) is 5.32 Å². The Balaban J connectivity index is 2.70.